The van der Waals surface area contributed by atoms with E-state index in [-0.39, 0.29) is 6.61 Å². The van der Waals surface area contributed by atoms with E-state index in [1.807, 2.05) is 0 Å². The molecule has 3 unspecified atom stereocenters. The molecule has 1 fully saturated rings. The van der Waals surface area contributed by atoms with Crippen LogP contribution in [0.4, 0.5) is 0 Å². The number of hydrogen-bond donors (Lipinski definition) is 4. The molecule has 1 aliphatic heterocycles. The Morgan fingerprint density at radius 2 is 1.83 bits per heavy atom. The fourth-order valence-electron chi connectivity index (χ4n) is 1.02. The van der Waals surface area contributed by atoms with Gasteiger partial charge in [-0.1, -0.05) is 0 Å². The molecule has 0 aliphatic carbocycles. The summed E-state index contributed by atoms with van der Waals surface area (Å²) in [5.74, 6) is -1.35. The maximum absolute atomic E-state index is 10.3. The monoisotopic (exact) mass is 178 g/mol. The number of carbonyl (C=O) groups is 1. The predicted octanol–water partition coefficient (Wildman–Crippen LogP) is -2.45. The molecule has 1 saturated heterocycles. The second-order valence-corrected chi connectivity index (χ2v) is 2.64. The molecule has 6 nitrogen and oxygen atoms in total. The summed E-state index contributed by atoms with van der Waals surface area (Å²) in [6.07, 6.45) is -5.72. The summed E-state index contributed by atoms with van der Waals surface area (Å²) in [7, 11) is 0. The van der Waals surface area contributed by atoms with E-state index in [2.05, 4.69) is 4.74 Å². The van der Waals surface area contributed by atoms with Gasteiger partial charge in [0.05, 0.1) is 6.61 Å². The Labute approximate surface area is 68.0 Å². The molecule has 1 aliphatic rings. The molecule has 70 valence electrons. The Morgan fingerprint density at radius 1 is 1.25 bits per heavy atom. The molecular weight excluding hydrogens is 168 g/mol. The zero-order valence-corrected chi connectivity index (χ0v) is 6.12. The van der Waals surface area contributed by atoms with Gasteiger partial charge in [-0.25, -0.2) is 4.79 Å². The first-order chi connectivity index (χ1) is 5.54. The first kappa shape index (κ1) is 9.40. The number of ether oxygens (including phenoxy) is 1. The van der Waals surface area contributed by atoms with Crippen molar-refractivity contribution in [2.45, 2.75) is 24.4 Å². The van der Waals surface area contributed by atoms with Crippen LogP contribution in [0, 0.1) is 0 Å². The van der Waals surface area contributed by atoms with Crippen LogP contribution in [0.15, 0.2) is 0 Å². The molecule has 0 aromatic carbocycles. The highest BCUT2D eigenvalue weighted by molar-refractivity contribution is 5.73. The number of aliphatic hydroxyl groups excluding tert-OH is 3. The SMILES string of the molecule is O=C(O)C1OCC(O)[C@@H](O)C1O. The summed E-state index contributed by atoms with van der Waals surface area (Å²) in [6, 6.07) is 0. The maximum Gasteiger partial charge on any atom is 0.335 e. The maximum atomic E-state index is 10.3. The van der Waals surface area contributed by atoms with Gasteiger partial charge in [-0.05, 0) is 0 Å². The van der Waals surface area contributed by atoms with Crippen LogP contribution < -0.4 is 0 Å². The van der Waals surface area contributed by atoms with E-state index in [1.165, 1.54) is 0 Å². The van der Waals surface area contributed by atoms with Crippen LogP contribution in [0.1, 0.15) is 0 Å². The minimum absolute atomic E-state index is 0.283. The minimum atomic E-state index is -1.58. The minimum Gasteiger partial charge on any atom is -0.479 e. The van der Waals surface area contributed by atoms with Crippen molar-refractivity contribution < 1.29 is 30.0 Å². The second-order valence-electron chi connectivity index (χ2n) is 2.64. The predicted molar refractivity (Wildman–Crippen MR) is 35.4 cm³/mol. The highest BCUT2D eigenvalue weighted by Gasteiger charge is 2.41. The Morgan fingerprint density at radius 3 is 2.33 bits per heavy atom. The fourth-order valence-corrected chi connectivity index (χ4v) is 1.02. The fraction of sp³-hybridized carbons (Fsp3) is 0.833. The highest BCUT2D eigenvalue weighted by atomic mass is 16.5. The number of aliphatic hydroxyl groups is 3. The lowest BCUT2D eigenvalue weighted by atomic mass is 10.0. The van der Waals surface area contributed by atoms with Gasteiger partial charge in [0.1, 0.15) is 18.3 Å². The number of carboxylic acid groups (broad SMARTS) is 1. The van der Waals surface area contributed by atoms with Gasteiger partial charge in [0, 0.05) is 0 Å². The molecule has 0 amide bonds. The average molecular weight is 178 g/mol. The lowest BCUT2D eigenvalue weighted by Crippen LogP contribution is -2.55. The molecule has 1 heterocycles. The summed E-state index contributed by atoms with van der Waals surface area (Å²) >= 11 is 0. The third kappa shape index (κ3) is 1.56. The molecule has 0 aromatic heterocycles. The van der Waals surface area contributed by atoms with E-state index in [9.17, 15) is 4.79 Å². The number of aliphatic carboxylic acids is 1. The molecule has 0 aromatic rings. The molecule has 6 heteroatoms. The topological polar surface area (TPSA) is 107 Å². The normalized spacial score (nSPS) is 42.6. The van der Waals surface area contributed by atoms with Crippen LogP contribution in [0.2, 0.25) is 0 Å². The average Bonchev–Trinajstić information content (AvgIpc) is 2.00. The molecule has 4 N–H and O–H groups in total. The quantitative estimate of drug-likeness (QED) is 0.355. The van der Waals surface area contributed by atoms with Gasteiger partial charge in [0.15, 0.2) is 6.10 Å². The lowest BCUT2D eigenvalue weighted by molar-refractivity contribution is -0.201. The van der Waals surface area contributed by atoms with E-state index in [1.54, 1.807) is 0 Å². The summed E-state index contributed by atoms with van der Waals surface area (Å²) < 4.78 is 4.57. The third-order valence-electron chi connectivity index (χ3n) is 1.74. The van der Waals surface area contributed by atoms with Crippen molar-refractivity contribution in [3.8, 4) is 0 Å². The number of rotatable bonds is 1. The van der Waals surface area contributed by atoms with Gasteiger partial charge >= 0.3 is 5.97 Å². The molecule has 0 radical (unpaired) electrons. The van der Waals surface area contributed by atoms with Gasteiger partial charge in [-0.15, -0.1) is 0 Å². The van der Waals surface area contributed by atoms with Gasteiger partial charge in [0.25, 0.3) is 0 Å². The van der Waals surface area contributed by atoms with Gasteiger partial charge in [0.2, 0.25) is 0 Å². The molecule has 1 rings (SSSR count). The van der Waals surface area contributed by atoms with Gasteiger partial charge in [-0.3, -0.25) is 0 Å². The van der Waals surface area contributed by atoms with E-state index >= 15 is 0 Å². The number of hydrogen-bond acceptors (Lipinski definition) is 5. The van der Waals surface area contributed by atoms with E-state index in [0.717, 1.165) is 0 Å². The third-order valence-corrected chi connectivity index (χ3v) is 1.74. The van der Waals surface area contributed by atoms with Crippen LogP contribution >= 0.6 is 0 Å². The summed E-state index contributed by atoms with van der Waals surface area (Å²) in [6.45, 7) is -0.283. The standard InChI is InChI=1S/C6H10O6/c7-2-1-12-5(6(10)11)4(9)3(2)8/h2-5,7-9H,1H2,(H,10,11)/t2?,3-,4?,5?/m1/s1. The van der Waals surface area contributed by atoms with E-state index in [0.29, 0.717) is 0 Å². The van der Waals surface area contributed by atoms with Crippen molar-refractivity contribution >= 4 is 5.97 Å². The van der Waals surface area contributed by atoms with Crippen LogP contribution in [-0.2, 0) is 9.53 Å². The second kappa shape index (κ2) is 3.36. The Balaban J connectivity index is 2.65. The zero-order chi connectivity index (χ0) is 9.30. The Hall–Kier alpha value is -0.690. The largest absolute Gasteiger partial charge is 0.479 e. The molecule has 0 saturated carbocycles. The van der Waals surface area contributed by atoms with Crippen LogP contribution in [0.3, 0.4) is 0 Å². The summed E-state index contributed by atoms with van der Waals surface area (Å²) in [5, 5.41) is 35.4. The van der Waals surface area contributed by atoms with E-state index < -0.39 is 30.4 Å². The van der Waals surface area contributed by atoms with Crippen molar-refractivity contribution in [1.29, 1.82) is 0 Å². The van der Waals surface area contributed by atoms with Crippen LogP contribution in [0.25, 0.3) is 0 Å². The first-order valence-corrected chi connectivity index (χ1v) is 3.42. The lowest BCUT2D eigenvalue weighted by Gasteiger charge is -2.32. The van der Waals surface area contributed by atoms with Crippen molar-refractivity contribution in [3.63, 3.8) is 0 Å². The molecule has 4 atom stereocenters. The summed E-state index contributed by atoms with van der Waals surface area (Å²) in [5.41, 5.74) is 0. The molecule has 12 heavy (non-hydrogen) atoms. The van der Waals surface area contributed by atoms with Crippen molar-refractivity contribution in [3.05, 3.63) is 0 Å². The zero-order valence-electron chi connectivity index (χ0n) is 6.12. The van der Waals surface area contributed by atoms with Crippen molar-refractivity contribution in [2.75, 3.05) is 6.61 Å². The van der Waals surface area contributed by atoms with Gasteiger partial charge in [-0.2, -0.15) is 0 Å². The highest BCUT2D eigenvalue weighted by Crippen LogP contribution is 2.15. The summed E-state index contributed by atoms with van der Waals surface area (Å²) in [4.78, 5) is 10.3. The smallest absolute Gasteiger partial charge is 0.335 e. The van der Waals surface area contributed by atoms with E-state index in [4.69, 9.17) is 20.4 Å². The molecular formula is C6H10O6. The molecule has 0 spiro atoms. The van der Waals surface area contributed by atoms with Crippen LogP contribution in [0.5, 0.6) is 0 Å². The van der Waals surface area contributed by atoms with Crippen LogP contribution in [-0.4, -0.2) is 57.4 Å². The van der Waals surface area contributed by atoms with Crippen molar-refractivity contribution in [1.82, 2.24) is 0 Å². The Bertz CT molecular complexity index is 181. The van der Waals surface area contributed by atoms with Gasteiger partial charge < -0.3 is 25.2 Å². The number of carboxylic acids is 1. The van der Waals surface area contributed by atoms with Crippen molar-refractivity contribution in [2.24, 2.45) is 0 Å². The molecule has 0 bridgehead atoms. The first-order valence-electron chi connectivity index (χ1n) is 3.42. The Kier molecular flexibility index (Phi) is 2.63.